The maximum Gasteiger partial charge on any atom is 0.310 e. The molecule has 1 aromatic carbocycles. The molecule has 2 aliphatic rings. The van der Waals surface area contributed by atoms with Crippen molar-refractivity contribution in [2.45, 2.75) is 25.6 Å². The number of aliphatic carboxylic acids is 1. The average molecular weight is 317 g/mol. The van der Waals surface area contributed by atoms with Crippen LogP contribution in [0, 0.1) is 11.8 Å². The minimum atomic E-state index is -1.02. The number of ether oxygens (including phenoxy) is 2. The summed E-state index contributed by atoms with van der Waals surface area (Å²) in [6.07, 6.45) is 2.95. The van der Waals surface area contributed by atoms with Gasteiger partial charge in [0.15, 0.2) is 0 Å². The Bertz CT molecular complexity index is 653. The molecular weight excluding hydrogens is 298 g/mol. The number of carbonyl (C=O) groups is 2. The molecule has 6 heteroatoms. The van der Waals surface area contributed by atoms with Crippen LogP contribution in [0.2, 0.25) is 0 Å². The monoisotopic (exact) mass is 317 g/mol. The Balaban J connectivity index is 1.77. The lowest BCUT2D eigenvalue weighted by Gasteiger charge is -2.27. The highest BCUT2D eigenvalue weighted by atomic mass is 16.5. The average Bonchev–Trinajstić information content (AvgIpc) is 3.02. The van der Waals surface area contributed by atoms with Crippen molar-refractivity contribution in [1.29, 1.82) is 0 Å². The fourth-order valence-corrected chi connectivity index (χ4v) is 3.30. The summed E-state index contributed by atoms with van der Waals surface area (Å²) in [5.41, 5.74) is -0.277. The van der Waals surface area contributed by atoms with Crippen molar-refractivity contribution < 1.29 is 24.2 Å². The van der Waals surface area contributed by atoms with Gasteiger partial charge in [-0.25, -0.2) is 0 Å². The van der Waals surface area contributed by atoms with E-state index in [2.05, 4.69) is 5.32 Å². The second-order valence-electron chi connectivity index (χ2n) is 5.91. The Morgan fingerprint density at radius 1 is 1.35 bits per heavy atom. The zero-order chi connectivity index (χ0) is 16.6. The van der Waals surface area contributed by atoms with Crippen LogP contribution in [-0.2, 0) is 14.3 Å². The number of hydrogen-bond acceptors (Lipinski definition) is 4. The highest BCUT2D eigenvalue weighted by Gasteiger charge is 2.59. The molecule has 0 saturated carbocycles. The topological polar surface area (TPSA) is 84.9 Å². The zero-order valence-corrected chi connectivity index (χ0v) is 13.0. The summed E-state index contributed by atoms with van der Waals surface area (Å²) < 4.78 is 11.0. The standard InChI is InChI=1S/C17H19NO5/c1-3-22-11-6-4-10(5-7-11)18-15(19)14-13(16(20)21)12-8-9-17(14,2)23-12/h4-9,12-14H,3H2,1-2H3,(H,18,19)(H,20,21)/t12-,13+,14-,17-/m1/s1. The van der Waals surface area contributed by atoms with Crippen LogP contribution in [-0.4, -0.2) is 35.3 Å². The minimum absolute atomic E-state index is 0.351. The van der Waals surface area contributed by atoms with Crippen molar-refractivity contribution in [1.82, 2.24) is 0 Å². The summed E-state index contributed by atoms with van der Waals surface area (Å²) >= 11 is 0. The maximum atomic E-state index is 12.6. The van der Waals surface area contributed by atoms with Crippen LogP contribution in [0.15, 0.2) is 36.4 Å². The van der Waals surface area contributed by atoms with Crippen LogP contribution in [0.1, 0.15) is 13.8 Å². The summed E-state index contributed by atoms with van der Waals surface area (Å²) in [5, 5.41) is 12.2. The number of carbonyl (C=O) groups excluding carboxylic acids is 1. The van der Waals surface area contributed by atoms with E-state index in [4.69, 9.17) is 9.47 Å². The molecule has 1 aromatic rings. The van der Waals surface area contributed by atoms with Crippen molar-refractivity contribution in [3.05, 3.63) is 36.4 Å². The lowest BCUT2D eigenvalue weighted by atomic mass is 9.75. The molecule has 23 heavy (non-hydrogen) atoms. The first-order valence-electron chi connectivity index (χ1n) is 7.58. The first kappa shape index (κ1) is 15.6. The molecule has 0 radical (unpaired) electrons. The predicted molar refractivity (Wildman–Crippen MR) is 83.3 cm³/mol. The Labute approximate surface area is 134 Å². The second-order valence-corrected chi connectivity index (χ2v) is 5.91. The number of fused-ring (bicyclic) bond motifs is 2. The molecule has 2 N–H and O–H groups in total. The third-order valence-corrected chi connectivity index (χ3v) is 4.34. The number of anilines is 1. The molecule has 2 aliphatic heterocycles. The van der Waals surface area contributed by atoms with Gasteiger partial charge in [0, 0.05) is 5.69 Å². The number of hydrogen-bond donors (Lipinski definition) is 2. The summed E-state index contributed by atoms with van der Waals surface area (Å²) in [6, 6.07) is 6.97. The van der Waals surface area contributed by atoms with Crippen LogP contribution in [0.3, 0.4) is 0 Å². The molecule has 2 heterocycles. The molecular formula is C17H19NO5. The molecule has 0 spiro atoms. The molecule has 0 unspecified atom stereocenters. The summed E-state index contributed by atoms with van der Waals surface area (Å²) in [6.45, 7) is 4.21. The number of amides is 1. The highest BCUT2D eigenvalue weighted by molar-refractivity contribution is 5.97. The normalized spacial score (nSPS) is 31.1. The first-order chi connectivity index (χ1) is 10.9. The molecule has 3 rings (SSSR count). The minimum Gasteiger partial charge on any atom is -0.494 e. The highest BCUT2D eigenvalue weighted by Crippen LogP contribution is 2.47. The molecule has 4 atom stereocenters. The van der Waals surface area contributed by atoms with Crippen molar-refractivity contribution in [3.8, 4) is 5.75 Å². The predicted octanol–water partition coefficient (Wildman–Crippen LogP) is 2.07. The molecule has 0 aliphatic carbocycles. The van der Waals surface area contributed by atoms with Gasteiger partial charge in [-0.3, -0.25) is 9.59 Å². The first-order valence-corrected chi connectivity index (χ1v) is 7.58. The summed E-state index contributed by atoms with van der Waals surface area (Å²) in [4.78, 5) is 24.1. The van der Waals surface area contributed by atoms with E-state index in [1.807, 2.05) is 6.92 Å². The van der Waals surface area contributed by atoms with Gasteiger partial charge < -0.3 is 19.9 Å². The third-order valence-electron chi connectivity index (χ3n) is 4.34. The molecule has 6 nitrogen and oxygen atoms in total. The van der Waals surface area contributed by atoms with E-state index in [-0.39, 0.29) is 5.91 Å². The second kappa shape index (κ2) is 5.70. The van der Waals surface area contributed by atoms with Gasteiger partial charge >= 0.3 is 5.97 Å². The van der Waals surface area contributed by atoms with Crippen LogP contribution < -0.4 is 10.1 Å². The van der Waals surface area contributed by atoms with Gasteiger partial charge in [0.25, 0.3) is 0 Å². The number of benzene rings is 1. The third kappa shape index (κ3) is 2.70. The molecule has 1 fully saturated rings. The van der Waals surface area contributed by atoms with Gasteiger partial charge in [0.05, 0.1) is 24.2 Å². The quantitative estimate of drug-likeness (QED) is 0.812. The number of nitrogens with one attached hydrogen (secondary N) is 1. The van der Waals surface area contributed by atoms with Gasteiger partial charge in [-0.1, -0.05) is 12.2 Å². The number of carboxylic acid groups (broad SMARTS) is 1. The summed E-state index contributed by atoms with van der Waals surface area (Å²) in [7, 11) is 0. The molecule has 0 aromatic heterocycles. The molecule has 1 amide bonds. The lowest BCUT2D eigenvalue weighted by Crippen LogP contribution is -2.44. The fourth-order valence-electron chi connectivity index (χ4n) is 3.30. The van der Waals surface area contributed by atoms with Crippen LogP contribution in [0.25, 0.3) is 0 Å². The van der Waals surface area contributed by atoms with Gasteiger partial charge in [0.2, 0.25) is 5.91 Å². The van der Waals surface area contributed by atoms with Crippen molar-refractivity contribution in [3.63, 3.8) is 0 Å². The molecule has 122 valence electrons. The Kier molecular flexibility index (Phi) is 3.85. The summed E-state index contributed by atoms with van der Waals surface area (Å²) in [5.74, 6) is -2.29. The Morgan fingerprint density at radius 2 is 2.04 bits per heavy atom. The number of carboxylic acids is 1. The van der Waals surface area contributed by atoms with E-state index in [1.165, 1.54) is 0 Å². The van der Waals surface area contributed by atoms with Crippen LogP contribution in [0.4, 0.5) is 5.69 Å². The Morgan fingerprint density at radius 3 is 2.65 bits per heavy atom. The van der Waals surface area contributed by atoms with Crippen LogP contribution >= 0.6 is 0 Å². The largest absolute Gasteiger partial charge is 0.494 e. The van der Waals surface area contributed by atoms with Gasteiger partial charge in [-0.2, -0.15) is 0 Å². The lowest BCUT2D eigenvalue weighted by molar-refractivity contribution is -0.146. The van der Waals surface area contributed by atoms with Gasteiger partial charge in [-0.15, -0.1) is 0 Å². The van der Waals surface area contributed by atoms with E-state index in [1.54, 1.807) is 43.3 Å². The number of rotatable bonds is 5. The zero-order valence-electron chi connectivity index (χ0n) is 13.0. The van der Waals surface area contributed by atoms with Gasteiger partial charge in [0.1, 0.15) is 11.7 Å². The molecule has 1 saturated heterocycles. The van der Waals surface area contributed by atoms with E-state index in [9.17, 15) is 14.7 Å². The molecule has 2 bridgehead atoms. The van der Waals surface area contributed by atoms with Crippen LogP contribution in [0.5, 0.6) is 5.75 Å². The maximum absolute atomic E-state index is 12.6. The van der Waals surface area contributed by atoms with Gasteiger partial charge in [-0.05, 0) is 38.1 Å². The smallest absolute Gasteiger partial charge is 0.310 e. The SMILES string of the molecule is CCOc1ccc(NC(=O)[C@H]2[C@@H](C(=O)O)[C@H]3C=C[C@@]2(C)O3)cc1. The van der Waals surface area contributed by atoms with E-state index >= 15 is 0 Å². The van der Waals surface area contributed by atoms with E-state index < -0.39 is 29.5 Å². The Hall–Kier alpha value is -2.34. The fraction of sp³-hybridized carbons (Fsp3) is 0.412. The van der Waals surface area contributed by atoms with E-state index in [0.717, 1.165) is 0 Å². The van der Waals surface area contributed by atoms with Crippen molar-refractivity contribution >= 4 is 17.6 Å². The van der Waals surface area contributed by atoms with Crippen molar-refractivity contribution in [2.24, 2.45) is 11.8 Å². The van der Waals surface area contributed by atoms with E-state index in [0.29, 0.717) is 18.0 Å². The van der Waals surface area contributed by atoms with Crippen molar-refractivity contribution in [2.75, 3.05) is 11.9 Å².